The second-order valence-corrected chi connectivity index (χ2v) is 5.68. The molecule has 0 radical (unpaired) electrons. The minimum Gasteiger partial charge on any atom is -0.337 e. The highest BCUT2D eigenvalue weighted by Crippen LogP contribution is 2.14. The van der Waals surface area contributed by atoms with Crippen LogP contribution >= 0.6 is 11.6 Å². The van der Waals surface area contributed by atoms with Gasteiger partial charge in [0, 0.05) is 24.2 Å². The van der Waals surface area contributed by atoms with E-state index < -0.39 is 0 Å². The number of carbonyl (C=O) groups is 1. The van der Waals surface area contributed by atoms with Crippen LogP contribution in [-0.4, -0.2) is 17.9 Å². The molecule has 0 aliphatic carbocycles. The van der Waals surface area contributed by atoms with Gasteiger partial charge in [-0.25, -0.2) is 0 Å². The van der Waals surface area contributed by atoms with E-state index in [-0.39, 0.29) is 5.91 Å². The van der Waals surface area contributed by atoms with Crippen LogP contribution in [0.5, 0.6) is 0 Å². The summed E-state index contributed by atoms with van der Waals surface area (Å²) in [5.74, 6) is 0.0351. The molecular formula is C18H20ClNO. The van der Waals surface area contributed by atoms with Crippen LogP contribution in [0.15, 0.2) is 48.5 Å². The van der Waals surface area contributed by atoms with Crippen molar-refractivity contribution in [2.24, 2.45) is 0 Å². The highest BCUT2D eigenvalue weighted by molar-refractivity contribution is 6.30. The van der Waals surface area contributed by atoms with Gasteiger partial charge in [-0.1, -0.05) is 49.2 Å². The lowest BCUT2D eigenvalue weighted by Gasteiger charge is -2.18. The Morgan fingerprint density at radius 1 is 1.10 bits per heavy atom. The van der Waals surface area contributed by atoms with E-state index in [0.29, 0.717) is 11.6 Å². The Morgan fingerprint density at radius 2 is 1.81 bits per heavy atom. The summed E-state index contributed by atoms with van der Waals surface area (Å²) in [5, 5.41) is 0.693. The first-order valence-electron chi connectivity index (χ1n) is 7.19. The van der Waals surface area contributed by atoms with E-state index in [1.165, 1.54) is 5.56 Å². The molecule has 0 aromatic heterocycles. The Labute approximate surface area is 131 Å². The van der Waals surface area contributed by atoms with Gasteiger partial charge in [-0.3, -0.25) is 4.79 Å². The molecule has 2 nitrogen and oxygen atoms in total. The van der Waals surface area contributed by atoms with Crippen molar-refractivity contribution in [3.05, 3.63) is 70.2 Å². The fourth-order valence-electron chi connectivity index (χ4n) is 2.35. The second kappa shape index (κ2) is 7.28. The number of carbonyl (C=O) groups excluding carboxylic acids is 1. The van der Waals surface area contributed by atoms with Gasteiger partial charge in [-0.05, 0) is 41.8 Å². The Bertz CT molecular complexity index is 624. The van der Waals surface area contributed by atoms with E-state index in [4.69, 9.17) is 11.6 Å². The van der Waals surface area contributed by atoms with Crippen LogP contribution in [0.3, 0.4) is 0 Å². The number of nitrogens with zero attached hydrogens (tertiary/aromatic N) is 1. The second-order valence-electron chi connectivity index (χ2n) is 5.24. The molecule has 0 unspecified atom stereocenters. The molecule has 0 fully saturated rings. The zero-order valence-corrected chi connectivity index (χ0v) is 13.2. The lowest BCUT2D eigenvalue weighted by Crippen LogP contribution is -2.26. The molecule has 0 N–H and O–H groups in total. The monoisotopic (exact) mass is 301 g/mol. The van der Waals surface area contributed by atoms with E-state index in [1.807, 2.05) is 49.5 Å². The van der Waals surface area contributed by atoms with Gasteiger partial charge >= 0.3 is 0 Å². The maximum atomic E-state index is 12.5. The molecule has 2 aromatic rings. The fourth-order valence-corrected chi connectivity index (χ4v) is 2.56. The molecule has 3 heteroatoms. The van der Waals surface area contributed by atoms with E-state index >= 15 is 0 Å². The van der Waals surface area contributed by atoms with Gasteiger partial charge in [-0.15, -0.1) is 0 Å². The predicted molar refractivity (Wildman–Crippen MR) is 87.7 cm³/mol. The van der Waals surface area contributed by atoms with Gasteiger partial charge in [0.1, 0.15) is 0 Å². The first kappa shape index (κ1) is 15.6. The number of amides is 1. The number of hydrogen-bond acceptors (Lipinski definition) is 1. The normalized spacial score (nSPS) is 10.4. The molecule has 21 heavy (non-hydrogen) atoms. The average Bonchev–Trinajstić information content (AvgIpc) is 2.47. The minimum atomic E-state index is 0.0351. The summed E-state index contributed by atoms with van der Waals surface area (Å²) in [5.41, 5.74) is 2.98. The molecule has 0 spiro atoms. The molecule has 1 amide bonds. The first-order valence-corrected chi connectivity index (χ1v) is 7.57. The molecule has 2 rings (SSSR count). The summed E-state index contributed by atoms with van der Waals surface area (Å²) in [7, 11) is 1.82. The third-order valence-corrected chi connectivity index (χ3v) is 3.60. The molecule has 0 heterocycles. The maximum Gasteiger partial charge on any atom is 0.253 e. The number of benzene rings is 2. The Balaban J connectivity index is 2.10. The summed E-state index contributed by atoms with van der Waals surface area (Å²) in [6.07, 6.45) is 2.08. The highest BCUT2D eigenvalue weighted by Gasteiger charge is 2.12. The number of hydrogen-bond donors (Lipinski definition) is 0. The summed E-state index contributed by atoms with van der Waals surface area (Å²) in [6, 6.07) is 15.5. The SMILES string of the molecule is CCCc1cccc(C(=O)N(C)Cc2cccc(Cl)c2)c1. The van der Waals surface area contributed by atoms with E-state index in [2.05, 4.69) is 13.0 Å². The third-order valence-electron chi connectivity index (χ3n) is 3.37. The molecule has 0 saturated carbocycles. The van der Waals surface area contributed by atoms with Crippen LogP contribution in [0.4, 0.5) is 0 Å². The Morgan fingerprint density at radius 3 is 2.52 bits per heavy atom. The van der Waals surface area contributed by atoms with Gasteiger partial charge < -0.3 is 4.90 Å². The van der Waals surface area contributed by atoms with Crippen LogP contribution in [0.2, 0.25) is 5.02 Å². The van der Waals surface area contributed by atoms with Crippen LogP contribution in [0.25, 0.3) is 0 Å². The zero-order chi connectivity index (χ0) is 15.2. The number of rotatable bonds is 5. The van der Waals surface area contributed by atoms with E-state index in [1.54, 1.807) is 4.90 Å². The number of aryl methyl sites for hydroxylation is 1. The van der Waals surface area contributed by atoms with Gasteiger partial charge in [0.15, 0.2) is 0 Å². The van der Waals surface area contributed by atoms with Gasteiger partial charge in [0.2, 0.25) is 0 Å². The van der Waals surface area contributed by atoms with Crippen LogP contribution in [0.1, 0.15) is 34.8 Å². The summed E-state index contributed by atoms with van der Waals surface area (Å²) < 4.78 is 0. The lowest BCUT2D eigenvalue weighted by molar-refractivity contribution is 0.0785. The van der Waals surface area contributed by atoms with Crippen molar-refractivity contribution in [2.75, 3.05) is 7.05 Å². The minimum absolute atomic E-state index is 0.0351. The van der Waals surface area contributed by atoms with E-state index in [0.717, 1.165) is 24.0 Å². The van der Waals surface area contributed by atoms with Crippen LogP contribution in [0, 0.1) is 0 Å². The van der Waals surface area contributed by atoms with Crippen molar-refractivity contribution in [3.63, 3.8) is 0 Å². The van der Waals surface area contributed by atoms with Crippen LogP contribution < -0.4 is 0 Å². The standard InChI is InChI=1S/C18H20ClNO/c1-3-6-14-7-4-9-16(11-14)18(21)20(2)13-15-8-5-10-17(19)12-15/h4-5,7-12H,3,6,13H2,1-2H3. The molecule has 0 atom stereocenters. The fraction of sp³-hybridized carbons (Fsp3) is 0.278. The average molecular weight is 302 g/mol. The smallest absolute Gasteiger partial charge is 0.253 e. The quantitative estimate of drug-likeness (QED) is 0.792. The predicted octanol–water partition coefficient (Wildman–Crippen LogP) is 4.56. The Kier molecular flexibility index (Phi) is 5.40. The lowest BCUT2D eigenvalue weighted by atomic mass is 10.1. The molecule has 110 valence electrons. The first-order chi connectivity index (χ1) is 10.1. The van der Waals surface area contributed by atoms with Crippen molar-refractivity contribution >= 4 is 17.5 Å². The third kappa shape index (κ3) is 4.33. The topological polar surface area (TPSA) is 20.3 Å². The van der Waals surface area contributed by atoms with Crippen molar-refractivity contribution in [2.45, 2.75) is 26.3 Å². The highest BCUT2D eigenvalue weighted by atomic mass is 35.5. The van der Waals surface area contributed by atoms with Crippen molar-refractivity contribution in [3.8, 4) is 0 Å². The van der Waals surface area contributed by atoms with E-state index in [9.17, 15) is 4.79 Å². The largest absolute Gasteiger partial charge is 0.337 e. The Hall–Kier alpha value is -1.80. The molecular weight excluding hydrogens is 282 g/mol. The summed E-state index contributed by atoms with van der Waals surface area (Å²) in [4.78, 5) is 14.2. The molecule has 2 aromatic carbocycles. The van der Waals surface area contributed by atoms with Crippen molar-refractivity contribution < 1.29 is 4.79 Å². The van der Waals surface area contributed by atoms with Gasteiger partial charge in [-0.2, -0.15) is 0 Å². The number of halogens is 1. The molecule has 0 aliphatic heterocycles. The molecule has 0 aliphatic rings. The summed E-state index contributed by atoms with van der Waals surface area (Å²) >= 11 is 5.98. The van der Waals surface area contributed by atoms with Gasteiger partial charge in [0.25, 0.3) is 5.91 Å². The zero-order valence-electron chi connectivity index (χ0n) is 12.5. The van der Waals surface area contributed by atoms with Crippen molar-refractivity contribution in [1.82, 2.24) is 4.90 Å². The molecule has 0 saturated heterocycles. The van der Waals surface area contributed by atoms with Crippen molar-refractivity contribution in [1.29, 1.82) is 0 Å². The van der Waals surface area contributed by atoms with Gasteiger partial charge in [0.05, 0.1) is 0 Å². The maximum absolute atomic E-state index is 12.5. The molecule has 0 bridgehead atoms. The van der Waals surface area contributed by atoms with Crippen LogP contribution in [-0.2, 0) is 13.0 Å². The summed E-state index contributed by atoms with van der Waals surface area (Å²) in [6.45, 7) is 2.69.